The minimum absolute atomic E-state index is 0.0220. The Morgan fingerprint density at radius 1 is 1.00 bits per heavy atom. The first-order valence-electron chi connectivity index (χ1n) is 11.4. The molecule has 0 aliphatic rings. The molecule has 0 aliphatic carbocycles. The summed E-state index contributed by atoms with van der Waals surface area (Å²) in [6, 6.07) is 6.86. The van der Waals surface area contributed by atoms with E-state index in [1.807, 2.05) is 50.4 Å². The van der Waals surface area contributed by atoms with E-state index in [-0.39, 0.29) is 25.3 Å². The molecule has 0 heterocycles. The highest BCUT2D eigenvalue weighted by atomic mass is 32.2. The van der Waals surface area contributed by atoms with Gasteiger partial charge in [0.25, 0.3) is 0 Å². The van der Waals surface area contributed by atoms with Crippen molar-refractivity contribution >= 4 is 35.5 Å². The number of hydrogen-bond acceptors (Lipinski definition) is 7. The second-order valence-electron chi connectivity index (χ2n) is 8.45. The highest BCUT2D eigenvalue weighted by Gasteiger charge is 2.28. The molecule has 34 heavy (non-hydrogen) atoms. The number of esters is 1. The quantitative estimate of drug-likeness (QED) is 0.267. The Morgan fingerprint density at radius 2 is 1.65 bits per heavy atom. The number of ether oxygens (including phenoxy) is 1. The smallest absolute Gasteiger partial charge is 0.307 e. The number of nitrogens with one attached hydrogen (secondary N) is 3. The molecule has 3 atom stereocenters. The van der Waals surface area contributed by atoms with Gasteiger partial charge >= 0.3 is 5.97 Å². The molecule has 0 spiro atoms. The maximum atomic E-state index is 13.2. The van der Waals surface area contributed by atoms with Gasteiger partial charge in [0, 0.05) is 13.0 Å². The molecule has 3 unspecified atom stereocenters. The van der Waals surface area contributed by atoms with E-state index in [0.29, 0.717) is 12.8 Å². The summed E-state index contributed by atoms with van der Waals surface area (Å²) in [6.45, 7) is 3.98. The van der Waals surface area contributed by atoms with Crippen LogP contribution in [-0.4, -0.2) is 67.5 Å². The van der Waals surface area contributed by atoms with Gasteiger partial charge < -0.3 is 26.4 Å². The lowest BCUT2D eigenvalue weighted by atomic mass is 10.0. The van der Waals surface area contributed by atoms with Crippen LogP contribution < -0.4 is 21.7 Å². The first-order valence-corrected chi connectivity index (χ1v) is 12.8. The van der Waals surface area contributed by atoms with Crippen LogP contribution in [0.3, 0.4) is 0 Å². The molecule has 1 rings (SSSR count). The van der Waals surface area contributed by atoms with Crippen molar-refractivity contribution in [2.75, 3.05) is 25.7 Å². The molecule has 0 aliphatic heterocycles. The molecule has 0 aromatic heterocycles. The van der Waals surface area contributed by atoms with Gasteiger partial charge in [-0.3, -0.25) is 19.2 Å². The van der Waals surface area contributed by atoms with Crippen LogP contribution >= 0.6 is 11.8 Å². The van der Waals surface area contributed by atoms with Crippen LogP contribution in [0.5, 0.6) is 0 Å². The van der Waals surface area contributed by atoms with Crippen LogP contribution in [0.25, 0.3) is 0 Å². The third-order valence-corrected chi connectivity index (χ3v) is 5.73. The van der Waals surface area contributed by atoms with E-state index < -0.39 is 41.8 Å². The van der Waals surface area contributed by atoms with Crippen molar-refractivity contribution in [3.05, 3.63) is 35.9 Å². The van der Waals surface area contributed by atoms with E-state index in [1.54, 1.807) is 11.8 Å². The highest BCUT2D eigenvalue weighted by molar-refractivity contribution is 7.98. The molecule has 10 heteroatoms. The minimum Gasteiger partial charge on any atom is -0.469 e. The van der Waals surface area contributed by atoms with Crippen molar-refractivity contribution < 1.29 is 23.9 Å². The zero-order valence-electron chi connectivity index (χ0n) is 20.5. The lowest BCUT2D eigenvalue weighted by molar-refractivity contribution is -0.140. The van der Waals surface area contributed by atoms with E-state index in [1.165, 1.54) is 7.11 Å². The number of rotatable bonds is 15. The van der Waals surface area contributed by atoms with Gasteiger partial charge in [0.15, 0.2) is 0 Å². The maximum Gasteiger partial charge on any atom is 0.307 e. The molecule has 5 N–H and O–H groups in total. The van der Waals surface area contributed by atoms with Crippen LogP contribution in [0, 0.1) is 5.92 Å². The van der Waals surface area contributed by atoms with Crippen LogP contribution in [0.2, 0.25) is 0 Å². The van der Waals surface area contributed by atoms with E-state index in [2.05, 4.69) is 20.7 Å². The Hall–Kier alpha value is -2.59. The summed E-state index contributed by atoms with van der Waals surface area (Å²) in [7, 11) is 1.28. The number of amides is 3. The van der Waals surface area contributed by atoms with Gasteiger partial charge in [-0.25, -0.2) is 0 Å². The molecule has 3 amide bonds. The van der Waals surface area contributed by atoms with E-state index in [4.69, 9.17) is 5.73 Å². The molecular weight excluding hydrogens is 456 g/mol. The van der Waals surface area contributed by atoms with Crippen LogP contribution in [0.15, 0.2) is 30.3 Å². The molecule has 1 aromatic carbocycles. The average Bonchev–Trinajstić information content (AvgIpc) is 2.81. The molecular formula is C24H38N4O5S. The summed E-state index contributed by atoms with van der Waals surface area (Å²) < 4.78 is 4.59. The van der Waals surface area contributed by atoms with Gasteiger partial charge in [-0.05, 0) is 36.3 Å². The van der Waals surface area contributed by atoms with E-state index in [0.717, 1.165) is 11.3 Å². The molecule has 9 nitrogen and oxygen atoms in total. The third-order valence-electron chi connectivity index (χ3n) is 5.08. The van der Waals surface area contributed by atoms with Gasteiger partial charge in [0.05, 0.1) is 19.6 Å². The number of benzene rings is 1. The number of hydrogen-bond donors (Lipinski definition) is 4. The Labute approximate surface area is 206 Å². The fourth-order valence-corrected chi connectivity index (χ4v) is 3.69. The highest BCUT2D eigenvalue weighted by Crippen LogP contribution is 2.09. The van der Waals surface area contributed by atoms with Crippen molar-refractivity contribution in [2.45, 2.75) is 57.7 Å². The van der Waals surface area contributed by atoms with Crippen LogP contribution in [-0.2, 0) is 30.3 Å². The monoisotopic (exact) mass is 494 g/mol. The van der Waals surface area contributed by atoms with Crippen molar-refractivity contribution in [1.82, 2.24) is 16.0 Å². The Bertz CT molecular complexity index is 791. The minimum atomic E-state index is -0.885. The summed E-state index contributed by atoms with van der Waals surface area (Å²) in [6.07, 6.45) is 3.11. The summed E-state index contributed by atoms with van der Waals surface area (Å²) in [5.41, 5.74) is 6.83. The molecule has 0 bridgehead atoms. The predicted molar refractivity (Wildman–Crippen MR) is 134 cm³/mol. The van der Waals surface area contributed by atoms with Crippen molar-refractivity contribution in [2.24, 2.45) is 11.7 Å². The second-order valence-corrected chi connectivity index (χ2v) is 9.43. The fourth-order valence-electron chi connectivity index (χ4n) is 3.20. The van der Waals surface area contributed by atoms with Gasteiger partial charge in [-0.15, -0.1) is 0 Å². The summed E-state index contributed by atoms with van der Waals surface area (Å²) in [5, 5.41) is 8.21. The Morgan fingerprint density at radius 3 is 2.24 bits per heavy atom. The second kappa shape index (κ2) is 16.1. The molecule has 190 valence electrons. The number of thioether (sulfide) groups is 1. The number of methoxy groups -OCH3 is 1. The lowest BCUT2D eigenvalue weighted by Gasteiger charge is -2.25. The molecule has 1 aromatic rings. The Balaban J connectivity index is 2.93. The zero-order valence-corrected chi connectivity index (χ0v) is 21.3. The number of nitrogens with two attached hydrogens (primary N) is 1. The average molecular weight is 495 g/mol. The van der Waals surface area contributed by atoms with Crippen molar-refractivity contribution in [3.63, 3.8) is 0 Å². The molecule has 0 saturated heterocycles. The summed E-state index contributed by atoms with van der Waals surface area (Å²) in [5.74, 6) is -0.852. The van der Waals surface area contributed by atoms with Crippen molar-refractivity contribution in [1.29, 1.82) is 0 Å². The summed E-state index contributed by atoms with van der Waals surface area (Å²) in [4.78, 5) is 49.9. The van der Waals surface area contributed by atoms with Gasteiger partial charge in [0.1, 0.15) is 12.1 Å². The summed E-state index contributed by atoms with van der Waals surface area (Å²) >= 11 is 1.59. The predicted octanol–water partition coefficient (Wildman–Crippen LogP) is 1.00. The standard InChI is InChI=1S/C24H38N4O5S/c1-16(2)14-19(27-22(30)18(25)11-13-34-4)24(32)28-20(15-17-8-6-5-7-9-17)23(31)26-12-10-21(29)33-3/h5-9,16,18-20H,10-15,25H2,1-4H3,(H,26,31)(H,27,30)(H,28,32). The largest absolute Gasteiger partial charge is 0.469 e. The first kappa shape index (κ1) is 29.4. The maximum absolute atomic E-state index is 13.2. The Kier molecular flexibility index (Phi) is 13.9. The first-order chi connectivity index (χ1) is 16.2. The van der Waals surface area contributed by atoms with Gasteiger partial charge in [-0.2, -0.15) is 11.8 Å². The zero-order chi connectivity index (χ0) is 25.5. The third kappa shape index (κ3) is 11.5. The van der Waals surface area contributed by atoms with E-state index in [9.17, 15) is 19.2 Å². The molecule has 0 saturated carbocycles. The number of carbonyl (C=O) groups excluding carboxylic acids is 4. The molecule has 0 fully saturated rings. The fraction of sp³-hybridized carbons (Fsp3) is 0.583. The molecule has 0 radical (unpaired) electrons. The van der Waals surface area contributed by atoms with Crippen LogP contribution in [0.1, 0.15) is 38.7 Å². The van der Waals surface area contributed by atoms with Gasteiger partial charge in [0.2, 0.25) is 17.7 Å². The lowest BCUT2D eigenvalue weighted by Crippen LogP contribution is -2.56. The normalized spacial score (nSPS) is 13.5. The van der Waals surface area contributed by atoms with Crippen LogP contribution in [0.4, 0.5) is 0 Å². The number of carbonyl (C=O) groups is 4. The van der Waals surface area contributed by atoms with Crippen molar-refractivity contribution in [3.8, 4) is 0 Å². The topological polar surface area (TPSA) is 140 Å². The van der Waals surface area contributed by atoms with Gasteiger partial charge in [-0.1, -0.05) is 44.2 Å². The van der Waals surface area contributed by atoms with E-state index >= 15 is 0 Å². The SMILES string of the molecule is COC(=O)CCNC(=O)C(Cc1ccccc1)NC(=O)C(CC(C)C)NC(=O)C(N)CCSC.